The predicted molar refractivity (Wildman–Crippen MR) is 125 cm³/mol. The Balaban J connectivity index is 1.60. The third kappa shape index (κ3) is 4.86. The van der Waals surface area contributed by atoms with Crippen LogP contribution in [0.1, 0.15) is 50.8 Å². The number of hydrogen-bond acceptors (Lipinski definition) is 5. The molecule has 0 atom stereocenters. The standard InChI is InChI=1S/C22H26Cl2N8/c1-4-5-6-20-25-19(11-14(2)3)28-31(20)13-15-7-9-16(10-8-15)32-18(24)12-17(23)21(32)22-26-29-30-27-22/h7-10,12,14H,4-6,11,13H2,1-3H3,(H,26,27,29,30). The van der Waals surface area contributed by atoms with E-state index in [4.69, 9.17) is 33.3 Å². The van der Waals surface area contributed by atoms with E-state index in [-0.39, 0.29) is 0 Å². The van der Waals surface area contributed by atoms with Crippen LogP contribution >= 0.6 is 23.2 Å². The van der Waals surface area contributed by atoms with Crippen LogP contribution < -0.4 is 0 Å². The number of aromatic amines is 1. The molecule has 0 aliphatic rings. The van der Waals surface area contributed by atoms with Gasteiger partial charge in [0.2, 0.25) is 0 Å². The summed E-state index contributed by atoms with van der Waals surface area (Å²) in [5.41, 5.74) is 2.61. The minimum absolute atomic E-state index is 0.451. The van der Waals surface area contributed by atoms with E-state index in [0.717, 1.165) is 48.6 Å². The number of H-pyrrole nitrogens is 1. The van der Waals surface area contributed by atoms with E-state index in [1.165, 1.54) is 0 Å². The average Bonchev–Trinajstić information content (AvgIpc) is 3.46. The molecule has 0 saturated carbocycles. The van der Waals surface area contributed by atoms with Gasteiger partial charge in [0.1, 0.15) is 16.7 Å². The second kappa shape index (κ2) is 9.83. The van der Waals surface area contributed by atoms with E-state index in [2.05, 4.69) is 53.5 Å². The molecule has 0 spiro atoms. The van der Waals surface area contributed by atoms with Gasteiger partial charge in [-0.25, -0.2) is 14.8 Å². The van der Waals surface area contributed by atoms with Gasteiger partial charge in [-0.15, -0.1) is 5.10 Å². The number of unbranched alkanes of at least 4 members (excludes halogenated alkanes) is 1. The van der Waals surface area contributed by atoms with Crippen molar-refractivity contribution in [3.63, 3.8) is 0 Å². The van der Waals surface area contributed by atoms with E-state index in [1.807, 2.05) is 21.4 Å². The Kier molecular flexibility index (Phi) is 6.91. The number of hydrogen-bond donors (Lipinski definition) is 1. The Morgan fingerprint density at radius 3 is 2.56 bits per heavy atom. The molecule has 0 saturated heterocycles. The second-order valence-electron chi connectivity index (χ2n) is 8.22. The first-order valence-corrected chi connectivity index (χ1v) is 11.5. The number of benzene rings is 1. The highest BCUT2D eigenvalue weighted by atomic mass is 35.5. The van der Waals surface area contributed by atoms with Gasteiger partial charge >= 0.3 is 0 Å². The van der Waals surface area contributed by atoms with Crippen molar-refractivity contribution in [1.82, 2.24) is 40.0 Å². The quantitative estimate of drug-likeness (QED) is 0.363. The molecule has 0 fully saturated rings. The molecular formula is C22H26Cl2N8. The van der Waals surface area contributed by atoms with Crippen LogP contribution in [0.3, 0.4) is 0 Å². The minimum Gasteiger partial charge on any atom is -0.296 e. The highest BCUT2D eigenvalue weighted by molar-refractivity contribution is 6.36. The fourth-order valence-electron chi connectivity index (χ4n) is 3.63. The lowest BCUT2D eigenvalue weighted by Gasteiger charge is -2.11. The van der Waals surface area contributed by atoms with Crippen molar-refractivity contribution in [3.8, 4) is 17.2 Å². The normalized spacial score (nSPS) is 11.6. The van der Waals surface area contributed by atoms with E-state index in [1.54, 1.807) is 6.07 Å². The number of nitrogens with one attached hydrogen (secondary N) is 1. The highest BCUT2D eigenvalue weighted by Crippen LogP contribution is 2.34. The zero-order valence-electron chi connectivity index (χ0n) is 18.4. The van der Waals surface area contributed by atoms with Gasteiger partial charge in [0.25, 0.3) is 0 Å². The van der Waals surface area contributed by atoms with Gasteiger partial charge < -0.3 is 0 Å². The fraction of sp³-hybridized carbons (Fsp3) is 0.409. The average molecular weight is 473 g/mol. The molecular weight excluding hydrogens is 447 g/mol. The van der Waals surface area contributed by atoms with Crippen LogP contribution in [0.4, 0.5) is 0 Å². The molecule has 0 radical (unpaired) electrons. The summed E-state index contributed by atoms with van der Waals surface area (Å²) in [4.78, 5) is 4.80. The first kappa shape index (κ1) is 22.5. The molecule has 1 N–H and O–H groups in total. The molecule has 32 heavy (non-hydrogen) atoms. The van der Waals surface area contributed by atoms with Crippen LogP contribution in [0.5, 0.6) is 0 Å². The van der Waals surface area contributed by atoms with Crippen molar-refractivity contribution in [2.75, 3.05) is 0 Å². The fourth-order valence-corrected chi connectivity index (χ4v) is 4.25. The molecule has 0 aliphatic heterocycles. The van der Waals surface area contributed by atoms with E-state index < -0.39 is 0 Å². The number of aryl methyl sites for hydroxylation is 1. The summed E-state index contributed by atoms with van der Waals surface area (Å²) in [7, 11) is 0. The summed E-state index contributed by atoms with van der Waals surface area (Å²) >= 11 is 12.8. The SMILES string of the molecule is CCCCc1nc(CC(C)C)nn1Cc1ccc(-n2c(Cl)cc(Cl)c2-c2nnn[nH]2)cc1. The zero-order valence-corrected chi connectivity index (χ0v) is 19.9. The Hall–Kier alpha value is -2.71. The number of aromatic nitrogens is 8. The minimum atomic E-state index is 0.451. The van der Waals surface area contributed by atoms with Gasteiger partial charge in [-0.05, 0) is 46.5 Å². The monoisotopic (exact) mass is 472 g/mol. The first-order valence-electron chi connectivity index (χ1n) is 10.8. The van der Waals surface area contributed by atoms with Crippen LogP contribution in [0.2, 0.25) is 10.2 Å². The van der Waals surface area contributed by atoms with Gasteiger partial charge in [-0.3, -0.25) is 4.57 Å². The smallest absolute Gasteiger partial charge is 0.198 e. The molecule has 3 aromatic heterocycles. The van der Waals surface area contributed by atoms with Crippen molar-refractivity contribution >= 4 is 23.2 Å². The first-order chi connectivity index (χ1) is 15.5. The Labute approximate surface area is 197 Å². The lowest BCUT2D eigenvalue weighted by atomic mass is 10.1. The van der Waals surface area contributed by atoms with Crippen LogP contribution in [-0.4, -0.2) is 40.0 Å². The topological polar surface area (TPSA) is 90.1 Å². The molecule has 3 heterocycles. The summed E-state index contributed by atoms with van der Waals surface area (Å²) in [6.45, 7) is 7.24. The lowest BCUT2D eigenvalue weighted by molar-refractivity contribution is 0.592. The van der Waals surface area contributed by atoms with Crippen molar-refractivity contribution in [2.45, 2.75) is 53.0 Å². The molecule has 0 aliphatic carbocycles. The van der Waals surface area contributed by atoms with Crippen molar-refractivity contribution < 1.29 is 0 Å². The molecule has 8 nitrogen and oxygen atoms in total. The third-order valence-corrected chi connectivity index (χ3v) is 5.71. The van der Waals surface area contributed by atoms with Gasteiger partial charge in [0.05, 0.1) is 11.6 Å². The maximum atomic E-state index is 6.46. The number of nitrogens with zero attached hydrogens (tertiary/aromatic N) is 7. The third-order valence-electron chi connectivity index (χ3n) is 5.14. The largest absolute Gasteiger partial charge is 0.296 e. The summed E-state index contributed by atoms with van der Waals surface area (Å²) < 4.78 is 3.85. The Morgan fingerprint density at radius 2 is 1.91 bits per heavy atom. The van der Waals surface area contributed by atoms with Gasteiger partial charge in [0, 0.05) is 18.5 Å². The number of tetrazole rings is 1. The van der Waals surface area contributed by atoms with Crippen LogP contribution in [0, 0.1) is 5.92 Å². The number of halogens is 2. The van der Waals surface area contributed by atoms with Crippen LogP contribution in [-0.2, 0) is 19.4 Å². The van der Waals surface area contributed by atoms with Crippen LogP contribution in [0.25, 0.3) is 17.2 Å². The van der Waals surface area contributed by atoms with Crippen molar-refractivity contribution in [1.29, 1.82) is 0 Å². The summed E-state index contributed by atoms with van der Waals surface area (Å²) in [5.74, 6) is 2.94. The van der Waals surface area contributed by atoms with Gasteiger partial charge in [-0.2, -0.15) is 5.10 Å². The van der Waals surface area contributed by atoms with Crippen molar-refractivity contribution in [2.24, 2.45) is 5.92 Å². The highest BCUT2D eigenvalue weighted by Gasteiger charge is 2.19. The summed E-state index contributed by atoms with van der Waals surface area (Å²) in [5, 5.41) is 19.7. The summed E-state index contributed by atoms with van der Waals surface area (Å²) in [6, 6.07) is 9.82. The van der Waals surface area contributed by atoms with E-state index in [0.29, 0.717) is 34.2 Å². The molecule has 168 valence electrons. The second-order valence-corrected chi connectivity index (χ2v) is 9.01. The zero-order chi connectivity index (χ0) is 22.7. The number of rotatable bonds is 9. The molecule has 10 heteroatoms. The molecule has 0 amide bonds. The molecule has 4 aromatic rings. The summed E-state index contributed by atoms with van der Waals surface area (Å²) in [6.07, 6.45) is 4.05. The van der Waals surface area contributed by atoms with E-state index >= 15 is 0 Å². The molecule has 1 aromatic carbocycles. The lowest BCUT2D eigenvalue weighted by Crippen LogP contribution is -2.08. The molecule has 4 rings (SSSR count). The predicted octanol–water partition coefficient (Wildman–Crippen LogP) is 5.15. The maximum absolute atomic E-state index is 6.46. The van der Waals surface area contributed by atoms with Crippen molar-refractivity contribution in [3.05, 3.63) is 57.7 Å². The maximum Gasteiger partial charge on any atom is 0.198 e. The molecule has 0 bridgehead atoms. The van der Waals surface area contributed by atoms with Gasteiger partial charge in [-0.1, -0.05) is 62.5 Å². The van der Waals surface area contributed by atoms with E-state index in [9.17, 15) is 0 Å². The Bertz CT molecular complexity index is 1160. The van der Waals surface area contributed by atoms with Gasteiger partial charge in [0.15, 0.2) is 11.6 Å². The molecule has 0 unspecified atom stereocenters. The Morgan fingerprint density at radius 1 is 1.12 bits per heavy atom. The van der Waals surface area contributed by atoms with Crippen LogP contribution in [0.15, 0.2) is 30.3 Å².